The second-order valence-corrected chi connectivity index (χ2v) is 4.38. The Kier molecular flexibility index (Phi) is 9.24. The quantitative estimate of drug-likeness (QED) is 0.589. The molecule has 16 heavy (non-hydrogen) atoms. The minimum atomic E-state index is -0.00286. The van der Waals surface area contributed by atoms with Gasteiger partial charge in [0.1, 0.15) is 0 Å². The molecule has 3 N–H and O–H groups in total. The summed E-state index contributed by atoms with van der Waals surface area (Å²) >= 11 is 0. The fraction of sp³-hybridized carbons (Fsp3) is 0.917. The van der Waals surface area contributed by atoms with E-state index in [4.69, 9.17) is 10.5 Å². The number of nitrogens with one attached hydrogen (secondary N) is 1. The number of hydrogen-bond acceptors (Lipinski definition) is 3. The van der Waals surface area contributed by atoms with Crippen molar-refractivity contribution in [1.29, 1.82) is 0 Å². The Morgan fingerprint density at radius 1 is 1.44 bits per heavy atom. The third-order valence-corrected chi connectivity index (χ3v) is 2.20. The molecule has 0 aliphatic rings. The molecule has 0 saturated heterocycles. The Morgan fingerprint density at radius 3 is 2.69 bits per heavy atom. The summed E-state index contributed by atoms with van der Waals surface area (Å²) in [4.78, 5) is 11.4. The van der Waals surface area contributed by atoms with Crippen LogP contribution in [0.2, 0.25) is 0 Å². The predicted octanol–water partition coefficient (Wildman–Crippen LogP) is 1.44. The Morgan fingerprint density at radius 2 is 2.12 bits per heavy atom. The van der Waals surface area contributed by atoms with Gasteiger partial charge in [0.2, 0.25) is 5.91 Å². The number of nitrogens with two attached hydrogens (primary N) is 1. The maximum absolute atomic E-state index is 11.4. The van der Waals surface area contributed by atoms with E-state index in [9.17, 15) is 4.79 Å². The summed E-state index contributed by atoms with van der Waals surface area (Å²) < 4.78 is 5.37. The number of amides is 1. The van der Waals surface area contributed by atoms with Crippen LogP contribution in [0.25, 0.3) is 0 Å². The topological polar surface area (TPSA) is 64.4 Å². The number of carbonyl (C=O) groups excluding carboxylic acids is 1. The van der Waals surface area contributed by atoms with Crippen molar-refractivity contribution in [2.45, 2.75) is 58.6 Å². The van der Waals surface area contributed by atoms with E-state index in [1.807, 2.05) is 13.8 Å². The maximum atomic E-state index is 11.4. The molecule has 4 nitrogen and oxygen atoms in total. The van der Waals surface area contributed by atoms with Gasteiger partial charge in [-0.25, -0.2) is 0 Å². The van der Waals surface area contributed by atoms with Crippen molar-refractivity contribution >= 4 is 5.91 Å². The summed E-state index contributed by atoms with van der Waals surface area (Å²) in [7, 11) is 0. The lowest BCUT2D eigenvalue weighted by atomic mass is 10.1. The standard InChI is InChI=1S/C12H26N2O2/c1-4-6-11(13)9-12(15)14-7-5-8-16-10(2)3/h10-11H,4-9,13H2,1-3H3,(H,14,15). The largest absolute Gasteiger partial charge is 0.379 e. The van der Waals surface area contributed by atoms with Gasteiger partial charge in [0.25, 0.3) is 0 Å². The monoisotopic (exact) mass is 230 g/mol. The van der Waals surface area contributed by atoms with Crippen molar-refractivity contribution < 1.29 is 9.53 Å². The summed E-state index contributed by atoms with van der Waals surface area (Å²) in [5.41, 5.74) is 5.77. The molecule has 0 saturated carbocycles. The average Bonchev–Trinajstić information content (AvgIpc) is 2.16. The van der Waals surface area contributed by atoms with Crippen LogP contribution in [0.5, 0.6) is 0 Å². The minimum Gasteiger partial charge on any atom is -0.379 e. The normalized spacial score (nSPS) is 12.8. The van der Waals surface area contributed by atoms with E-state index >= 15 is 0 Å². The van der Waals surface area contributed by atoms with Gasteiger partial charge in [0.05, 0.1) is 6.10 Å². The summed E-state index contributed by atoms with van der Waals surface area (Å²) in [6, 6.07) is -0.00286. The molecule has 1 atom stereocenters. The molecule has 4 heteroatoms. The third-order valence-electron chi connectivity index (χ3n) is 2.20. The highest BCUT2D eigenvalue weighted by Gasteiger charge is 2.07. The van der Waals surface area contributed by atoms with Gasteiger partial charge >= 0.3 is 0 Å². The van der Waals surface area contributed by atoms with Crippen molar-refractivity contribution in [1.82, 2.24) is 5.32 Å². The lowest BCUT2D eigenvalue weighted by Crippen LogP contribution is -2.32. The Labute approximate surface area is 98.9 Å². The van der Waals surface area contributed by atoms with Crippen LogP contribution >= 0.6 is 0 Å². The van der Waals surface area contributed by atoms with Gasteiger partial charge in [-0.15, -0.1) is 0 Å². The van der Waals surface area contributed by atoms with E-state index in [-0.39, 0.29) is 18.1 Å². The fourth-order valence-corrected chi connectivity index (χ4v) is 1.40. The number of ether oxygens (including phenoxy) is 1. The first-order valence-electron chi connectivity index (χ1n) is 6.20. The van der Waals surface area contributed by atoms with Crippen molar-refractivity contribution in [3.05, 3.63) is 0 Å². The summed E-state index contributed by atoms with van der Waals surface area (Å²) in [5, 5.41) is 2.85. The smallest absolute Gasteiger partial charge is 0.221 e. The average molecular weight is 230 g/mol. The van der Waals surface area contributed by atoms with Crippen LogP contribution in [-0.2, 0) is 9.53 Å². The molecule has 0 spiro atoms. The van der Waals surface area contributed by atoms with Gasteiger partial charge in [-0.1, -0.05) is 13.3 Å². The zero-order chi connectivity index (χ0) is 12.4. The molecular weight excluding hydrogens is 204 g/mol. The molecule has 0 aromatic carbocycles. The second-order valence-electron chi connectivity index (χ2n) is 4.38. The highest BCUT2D eigenvalue weighted by Crippen LogP contribution is 1.98. The first-order chi connectivity index (χ1) is 7.56. The summed E-state index contributed by atoms with van der Waals surface area (Å²) in [5.74, 6) is 0.0468. The van der Waals surface area contributed by atoms with E-state index in [1.165, 1.54) is 0 Å². The number of carbonyl (C=O) groups is 1. The highest BCUT2D eigenvalue weighted by atomic mass is 16.5. The van der Waals surface area contributed by atoms with E-state index < -0.39 is 0 Å². The van der Waals surface area contributed by atoms with E-state index in [2.05, 4.69) is 12.2 Å². The first-order valence-corrected chi connectivity index (χ1v) is 6.20. The fourth-order valence-electron chi connectivity index (χ4n) is 1.40. The lowest BCUT2D eigenvalue weighted by Gasteiger charge is -2.11. The Bertz CT molecular complexity index is 184. The molecule has 0 aliphatic heterocycles. The van der Waals surface area contributed by atoms with Crippen molar-refractivity contribution in [2.24, 2.45) is 5.73 Å². The second kappa shape index (κ2) is 9.60. The molecule has 0 aromatic rings. The molecule has 0 aliphatic carbocycles. The third kappa shape index (κ3) is 9.93. The van der Waals surface area contributed by atoms with Crippen LogP contribution in [0.4, 0.5) is 0 Å². The van der Waals surface area contributed by atoms with Crippen LogP contribution in [0.15, 0.2) is 0 Å². The minimum absolute atomic E-state index is 0.00286. The van der Waals surface area contributed by atoms with Gasteiger partial charge < -0.3 is 15.8 Å². The summed E-state index contributed by atoms with van der Waals surface area (Å²) in [6.07, 6.45) is 3.47. The van der Waals surface area contributed by atoms with Crippen molar-refractivity contribution in [3.8, 4) is 0 Å². The molecule has 1 unspecified atom stereocenters. The van der Waals surface area contributed by atoms with Crippen molar-refractivity contribution in [3.63, 3.8) is 0 Å². The molecular formula is C12H26N2O2. The maximum Gasteiger partial charge on any atom is 0.221 e. The lowest BCUT2D eigenvalue weighted by molar-refractivity contribution is -0.121. The van der Waals surface area contributed by atoms with Gasteiger partial charge in [-0.3, -0.25) is 4.79 Å². The van der Waals surface area contributed by atoms with Crippen LogP contribution in [-0.4, -0.2) is 31.2 Å². The van der Waals surface area contributed by atoms with Crippen molar-refractivity contribution in [2.75, 3.05) is 13.2 Å². The molecule has 0 fully saturated rings. The van der Waals surface area contributed by atoms with E-state index in [1.54, 1.807) is 0 Å². The number of rotatable bonds is 9. The first kappa shape index (κ1) is 15.4. The Hall–Kier alpha value is -0.610. The van der Waals surface area contributed by atoms with E-state index in [0.717, 1.165) is 19.3 Å². The zero-order valence-corrected chi connectivity index (χ0v) is 10.8. The van der Waals surface area contributed by atoms with Crippen LogP contribution < -0.4 is 11.1 Å². The molecule has 0 radical (unpaired) electrons. The molecule has 0 aromatic heterocycles. The predicted molar refractivity (Wildman–Crippen MR) is 66.2 cm³/mol. The molecule has 0 bridgehead atoms. The van der Waals surface area contributed by atoms with E-state index in [0.29, 0.717) is 19.6 Å². The van der Waals surface area contributed by atoms with Crippen LogP contribution in [0, 0.1) is 0 Å². The Balaban J connectivity index is 3.36. The summed E-state index contributed by atoms with van der Waals surface area (Å²) in [6.45, 7) is 7.44. The number of hydrogen-bond donors (Lipinski definition) is 2. The molecule has 0 heterocycles. The van der Waals surface area contributed by atoms with Crippen LogP contribution in [0.1, 0.15) is 46.5 Å². The zero-order valence-electron chi connectivity index (χ0n) is 10.8. The molecule has 1 amide bonds. The highest BCUT2D eigenvalue weighted by molar-refractivity contribution is 5.76. The molecule has 0 rings (SSSR count). The SMILES string of the molecule is CCCC(N)CC(=O)NCCCOC(C)C. The molecule has 96 valence electrons. The van der Waals surface area contributed by atoms with Crippen LogP contribution in [0.3, 0.4) is 0 Å². The van der Waals surface area contributed by atoms with Gasteiger partial charge in [-0.2, -0.15) is 0 Å². The van der Waals surface area contributed by atoms with Gasteiger partial charge in [-0.05, 0) is 26.7 Å². The van der Waals surface area contributed by atoms with Gasteiger partial charge in [0.15, 0.2) is 0 Å². The van der Waals surface area contributed by atoms with Gasteiger partial charge in [0, 0.05) is 25.6 Å².